The van der Waals surface area contributed by atoms with E-state index in [1.165, 1.54) is 12.7 Å². The second kappa shape index (κ2) is 16.7. The van der Waals surface area contributed by atoms with Crippen molar-refractivity contribution >= 4 is 29.4 Å². The number of ether oxygens (including phenoxy) is 1. The first-order valence-electron chi connectivity index (χ1n) is 17.2. The number of carbonyl (C=O) groups is 1. The molecule has 0 bridgehead atoms. The van der Waals surface area contributed by atoms with Crippen molar-refractivity contribution in [3.63, 3.8) is 0 Å². The number of benzene rings is 2. The molecular weight excluding hydrogens is 710 g/mol. The molecule has 2 aromatic carbocycles. The van der Waals surface area contributed by atoms with Crippen molar-refractivity contribution in [2.45, 2.75) is 66.2 Å². The van der Waals surface area contributed by atoms with Crippen molar-refractivity contribution in [2.24, 2.45) is 19.8 Å². The summed E-state index contributed by atoms with van der Waals surface area (Å²) in [6.07, 6.45) is 8.92. The third-order valence-electron chi connectivity index (χ3n) is 8.09. The monoisotopic (exact) mass is 754 g/mol. The molecule has 0 aliphatic rings. The van der Waals surface area contributed by atoms with Gasteiger partial charge < -0.3 is 26.4 Å². The number of aromatic nitrogens is 10. The number of nitrogens with one attached hydrogen (secondary N) is 3. The van der Waals surface area contributed by atoms with E-state index in [0.717, 1.165) is 11.3 Å². The third-order valence-corrected chi connectivity index (χ3v) is 8.09. The number of halogens is 2. The fourth-order valence-corrected chi connectivity index (χ4v) is 5.47. The highest BCUT2D eigenvalue weighted by Crippen LogP contribution is 2.29. The van der Waals surface area contributed by atoms with Gasteiger partial charge in [-0.15, -0.1) is 0 Å². The molecule has 6 aromatic rings. The van der Waals surface area contributed by atoms with Gasteiger partial charge in [-0.2, -0.15) is 20.2 Å². The number of amides is 1. The number of hydrogen-bond acceptors (Lipinski definition) is 13. The Hall–Kier alpha value is -6.43. The lowest BCUT2D eigenvalue weighted by Gasteiger charge is -2.23. The highest BCUT2D eigenvalue weighted by Gasteiger charge is 2.22. The van der Waals surface area contributed by atoms with E-state index in [2.05, 4.69) is 56.1 Å². The fourth-order valence-electron chi connectivity index (χ4n) is 5.47. The van der Waals surface area contributed by atoms with Crippen molar-refractivity contribution in [1.29, 1.82) is 0 Å². The van der Waals surface area contributed by atoms with Crippen LogP contribution in [-0.4, -0.2) is 61.2 Å². The summed E-state index contributed by atoms with van der Waals surface area (Å²) in [5.41, 5.74) is 9.52. The Bertz CT molecular complexity index is 2280. The molecule has 4 heterocycles. The number of rotatable bonds is 9. The third kappa shape index (κ3) is 10.2. The Morgan fingerprint density at radius 1 is 0.764 bits per heavy atom. The van der Waals surface area contributed by atoms with Gasteiger partial charge in [0.1, 0.15) is 29.9 Å². The Morgan fingerprint density at radius 3 is 1.64 bits per heavy atom. The second-order valence-electron chi connectivity index (χ2n) is 13.8. The van der Waals surface area contributed by atoms with E-state index < -0.39 is 23.6 Å². The minimum atomic E-state index is -0.617. The maximum absolute atomic E-state index is 15.2. The normalized spacial score (nSPS) is 12.3. The summed E-state index contributed by atoms with van der Waals surface area (Å²) < 4.78 is 38.4. The van der Waals surface area contributed by atoms with E-state index in [0.29, 0.717) is 33.9 Å². The predicted octanol–water partition coefficient (Wildman–Crippen LogP) is 6.53. The fraction of sp³-hybridized carbons (Fsp3) is 0.324. The Morgan fingerprint density at radius 2 is 1.22 bits per heavy atom. The zero-order valence-corrected chi connectivity index (χ0v) is 32.1. The molecule has 5 N–H and O–H groups in total. The van der Waals surface area contributed by atoms with Crippen LogP contribution >= 0.6 is 0 Å². The summed E-state index contributed by atoms with van der Waals surface area (Å²) in [5.74, 6) is 0.215. The number of nitrogens with two attached hydrogens (primary N) is 1. The average Bonchev–Trinajstić information content (AvgIpc) is 3.72. The molecule has 0 saturated heterocycles. The summed E-state index contributed by atoms with van der Waals surface area (Å²) in [6.45, 7) is 12.3. The lowest BCUT2D eigenvalue weighted by molar-refractivity contribution is 0.0507. The van der Waals surface area contributed by atoms with Crippen LogP contribution in [0.15, 0.2) is 61.7 Å². The second-order valence-corrected chi connectivity index (χ2v) is 13.8. The first-order chi connectivity index (χ1) is 26.0. The molecule has 16 nitrogen and oxygen atoms in total. The Labute approximate surface area is 317 Å². The molecule has 0 saturated carbocycles. The van der Waals surface area contributed by atoms with Crippen molar-refractivity contribution in [3.05, 3.63) is 95.6 Å². The molecule has 0 spiro atoms. The van der Waals surface area contributed by atoms with Crippen LogP contribution in [0.2, 0.25) is 0 Å². The van der Waals surface area contributed by atoms with E-state index in [1.54, 1.807) is 107 Å². The summed E-state index contributed by atoms with van der Waals surface area (Å²) in [4.78, 5) is 37.0. The van der Waals surface area contributed by atoms with Gasteiger partial charge in [0.2, 0.25) is 11.9 Å². The number of alkyl carbamates (subject to hydrolysis) is 1. The molecule has 0 fully saturated rings. The van der Waals surface area contributed by atoms with Gasteiger partial charge in [0.05, 0.1) is 40.9 Å². The zero-order valence-electron chi connectivity index (χ0n) is 32.1. The van der Waals surface area contributed by atoms with Gasteiger partial charge in [-0.1, -0.05) is 12.1 Å². The van der Waals surface area contributed by atoms with Gasteiger partial charge in [-0.3, -0.25) is 9.36 Å². The zero-order chi connectivity index (χ0) is 40.0. The molecule has 18 heteroatoms. The van der Waals surface area contributed by atoms with Gasteiger partial charge >= 0.3 is 6.09 Å². The predicted molar refractivity (Wildman–Crippen MR) is 203 cm³/mol. The molecule has 0 aliphatic heterocycles. The molecular formula is C37H44F2N14O2. The topological polar surface area (TPSA) is 201 Å². The minimum absolute atomic E-state index is 0.196. The summed E-state index contributed by atoms with van der Waals surface area (Å²) in [7, 11) is 3.60. The Kier molecular flexibility index (Phi) is 12.1. The van der Waals surface area contributed by atoms with Crippen LogP contribution < -0.4 is 21.7 Å². The first kappa shape index (κ1) is 39.8. The van der Waals surface area contributed by atoms with E-state index in [4.69, 9.17) is 10.5 Å². The van der Waals surface area contributed by atoms with E-state index in [-0.39, 0.29) is 35.0 Å². The van der Waals surface area contributed by atoms with Crippen molar-refractivity contribution in [3.8, 4) is 22.8 Å². The highest BCUT2D eigenvalue weighted by molar-refractivity contribution is 5.69. The lowest BCUT2D eigenvalue weighted by atomic mass is 9.98. The van der Waals surface area contributed by atoms with Crippen molar-refractivity contribution in [2.75, 3.05) is 10.6 Å². The molecule has 288 valence electrons. The van der Waals surface area contributed by atoms with Crippen molar-refractivity contribution in [1.82, 2.24) is 54.8 Å². The number of aryl methyl sites for hydroxylation is 2. The van der Waals surface area contributed by atoms with Crippen molar-refractivity contribution < 1.29 is 18.3 Å². The van der Waals surface area contributed by atoms with Gasteiger partial charge in [0, 0.05) is 32.5 Å². The Balaban J connectivity index is 0.000000218. The maximum Gasteiger partial charge on any atom is 0.408 e. The van der Waals surface area contributed by atoms with Gasteiger partial charge in [0.25, 0.3) is 0 Å². The van der Waals surface area contributed by atoms with Crippen LogP contribution in [0.4, 0.5) is 36.8 Å². The molecule has 55 heavy (non-hydrogen) atoms. The highest BCUT2D eigenvalue weighted by atomic mass is 19.1. The van der Waals surface area contributed by atoms with Gasteiger partial charge in [-0.05, 0) is 82.9 Å². The van der Waals surface area contributed by atoms with Crippen LogP contribution in [0, 0.1) is 25.5 Å². The molecule has 0 aliphatic carbocycles. The molecule has 2 atom stereocenters. The lowest BCUT2D eigenvalue weighted by Crippen LogP contribution is -2.34. The van der Waals surface area contributed by atoms with Crippen LogP contribution in [0.3, 0.4) is 0 Å². The molecule has 0 unspecified atom stereocenters. The number of anilines is 4. The number of nitrogens with zero attached hydrogens (tertiary/aromatic N) is 10. The molecule has 1 amide bonds. The van der Waals surface area contributed by atoms with Gasteiger partial charge in [0.15, 0.2) is 11.6 Å². The maximum atomic E-state index is 15.2. The van der Waals surface area contributed by atoms with Crippen LogP contribution in [0.5, 0.6) is 0 Å². The quantitative estimate of drug-likeness (QED) is 0.124. The number of hydrogen-bond donors (Lipinski definition) is 4. The van der Waals surface area contributed by atoms with E-state index in [9.17, 15) is 9.18 Å². The number of carbonyl (C=O) groups excluding carboxylic acids is 1. The average molecular weight is 755 g/mol. The van der Waals surface area contributed by atoms with Crippen LogP contribution in [0.25, 0.3) is 22.8 Å². The first-order valence-corrected chi connectivity index (χ1v) is 17.2. The molecule has 6 rings (SSSR count). The van der Waals surface area contributed by atoms with Crippen LogP contribution in [-0.2, 0) is 18.8 Å². The SMILES string of the molecule is Cc1c([C@@H](C)N)ccc(-c2ncnc(Nc3cnn(C)c3)n2)c1F.Cc1c([C@@H](C)NC(=O)OC(C)(C)C)ccc(-c2ncnc(Nc3cnn(C)c3)n2)c1F. The van der Waals surface area contributed by atoms with Gasteiger partial charge in [-0.25, -0.2) is 33.5 Å². The summed E-state index contributed by atoms with van der Waals surface area (Å²) in [5, 5.41) is 16.9. The molecule has 4 aromatic heterocycles. The largest absolute Gasteiger partial charge is 0.444 e. The van der Waals surface area contributed by atoms with E-state index in [1.807, 2.05) is 14.0 Å². The minimum Gasteiger partial charge on any atom is -0.444 e. The smallest absolute Gasteiger partial charge is 0.408 e. The van der Waals surface area contributed by atoms with E-state index >= 15 is 4.39 Å². The summed E-state index contributed by atoms with van der Waals surface area (Å²) in [6, 6.07) is 6.09. The molecule has 0 radical (unpaired) electrons. The van der Waals surface area contributed by atoms with Crippen LogP contribution in [0.1, 0.15) is 69.0 Å². The summed E-state index contributed by atoms with van der Waals surface area (Å²) >= 11 is 0. The standard InChI is InChI=1S/C21H26FN7O2.C16H18FN7/c1-12-15(13(2)26-20(30)31-21(3,4)5)7-8-16(17(12)22)18-23-11-24-19(28-18)27-14-9-25-29(6)10-14;1-9-12(10(2)18)4-5-13(14(9)17)15-19-8-20-16(23-15)22-11-6-21-24(3)7-11/h7-11,13H,1-6H3,(H,26,30)(H,23,24,27,28);4-8,10H,18H2,1-3H3,(H,19,20,22,23)/t13-;10-/m11/s1.